The van der Waals surface area contributed by atoms with Gasteiger partial charge in [0.2, 0.25) is 0 Å². The molecule has 0 saturated heterocycles. The largest absolute Gasteiger partial charge is 0.474 e. The number of amides is 1. The van der Waals surface area contributed by atoms with Crippen molar-refractivity contribution in [2.24, 2.45) is 0 Å². The van der Waals surface area contributed by atoms with Gasteiger partial charge >= 0.3 is 11.9 Å². The van der Waals surface area contributed by atoms with Crippen LogP contribution in [0.1, 0.15) is 12.0 Å². The molecule has 0 atom stereocenters. The van der Waals surface area contributed by atoms with E-state index in [0.717, 1.165) is 12.1 Å². The van der Waals surface area contributed by atoms with Crippen LogP contribution in [0.2, 0.25) is 0 Å². The van der Waals surface area contributed by atoms with Crippen molar-refractivity contribution >= 4 is 17.6 Å². The maximum atomic E-state index is 12.1. The molecule has 1 rings (SSSR count). The number of nitrogens with one attached hydrogen (secondary N) is 1. The number of halogens is 2. The summed E-state index contributed by atoms with van der Waals surface area (Å²) in [5.74, 6) is -2.84. The quantitative estimate of drug-likeness (QED) is 0.737. The van der Waals surface area contributed by atoms with Gasteiger partial charge in [-0.1, -0.05) is 12.1 Å². The number of aliphatic carboxylic acids is 1. The van der Waals surface area contributed by atoms with Gasteiger partial charge in [-0.25, -0.2) is 13.6 Å². The second-order valence-electron chi connectivity index (χ2n) is 2.68. The Morgan fingerprint density at radius 3 is 2.13 bits per heavy atom. The predicted molar refractivity (Wildman–Crippen MR) is 47.7 cm³/mol. The lowest BCUT2D eigenvalue weighted by Gasteiger charge is -2.03. The van der Waals surface area contributed by atoms with E-state index < -0.39 is 18.3 Å². The Hall–Kier alpha value is -1.98. The molecule has 2 N–H and O–H groups in total. The van der Waals surface area contributed by atoms with Crippen molar-refractivity contribution < 1.29 is 23.5 Å². The highest BCUT2D eigenvalue weighted by Crippen LogP contribution is 2.20. The first kappa shape index (κ1) is 11.1. The van der Waals surface area contributed by atoms with Gasteiger partial charge in [0.15, 0.2) is 0 Å². The summed E-state index contributed by atoms with van der Waals surface area (Å²) in [7, 11) is 0. The third-order valence-electron chi connectivity index (χ3n) is 1.61. The average Bonchev–Trinajstić information content (AvgIpc) is 2.18. The standard InChI is InChI=1S/C9H7F2NO3/c10-7(11)5-1-3-6(4-2-5)12-8(13)9(14)15/h1-4,7H,(H,12,13)(H,14,15). The van der Waals surface area contributed by atoms with Crippen molar-refractivity contribution in [2.75, 3.05) is 5.32 Å². The molecule has 0 aliphatic rings. The van der Waals surface area contributed by atoms with Crippen LogP contribution in [0.25, 0.3) is 0 Å². The molecule has 0 aliphatic heterocycles. The van der Waals surface area contributed by atoms with Gasteiger partial charge in [0.25, 0.3) is 6.43 Å². The zero-order chi connectivity index (χ0) is 11.4. The molecular weight excluding hydrogens is 208 g/mol. The molecule has 0 bridgehead atoms. The van der Waals surface area contributed by atoms with Gasteiger partial charge in [-0.05, 0) is 12.1 Å². The minimum absolute atomic E-state index is 0.159. The van der Waals surface area contributed by atoms with Crippen LogP contribution in [0.5, 0.6) is 0 Å². The molecule has 1 aromatic rings. The Labute approximate surface area is 83.5 Å². The van der Waals surface area contributed by atoms with Crippen LogP contribution in [-0.2, 0) is 9.59 Å². The molecule has 0 unspecified atom stereocenters. The summed E-state index contributed by atoms with van der Waals surface area (Å²) >= 11 is 0. The number of carbonyl (C=O) groups is 2. The Morgan fingerprint density at radius 2 is 1.73 bits per heavy atom. The predicted octanol–water partition coefficient (Wildman–Crippen LogP) is 1.65. The number of hydrogen-bond acceptors (Lipinski definition) is 2. The molecule has 1 aromatic carbocycles. The number of anilines is 1. The topological polar surface area (TPSA) is 66.4 Å². The van der Waals surface area contributed by atoms with Crippen LogP contribution in [0.4, 0.5) is 14.5 Å². The number of carboxylic acids is 1. The molecule has 0 spiro atoms. The van der Waals surface area contributed by atoms with E-state index >= 15 is 0 Å². The maximum Gasteiger partial charge on any atom is 0.394 e. The molecule has 15 heavy (non-hydrogen) atoms. The fourth-order valence-electron chi connectivity index (χ4n) is 0.896. The van der Waals surface area contributed by atoms with Gasteiger partial charge < -0.3 is 10.4 Å². The van der Waals surface area contributed by atoms with E-state index in [-0.39, 0.29) is 11.3 Å². The van der Waals surface area contributed by atoms with Crippen molar-refractivity contribution in [3.05, 3.63) is 29.8 Å². The average molecular weight is 215 g/mol. The monoisotopic (exact) mass is 215 g/mol. The fourth-order valence-corrected chi connectivity index (χ4v) is 0.896. The Kier molecular flexibility index (Phi) is 3.33. The fraction of sp³-hybridized carbons (Fsp3) is 0.111. The normalized spacial score (nSPS) is 10.1. The number of carbonyl (C=O) groups excluding carboxylic acids is 1. The van der Waals surface area contributed by atoms with Crippen LogP contribution >= 0.6 is 0 Å². The van der Waals surface area contributed by atoms with E-state index in [2.05, 4.69) is 0 Å². The summed E-state index contributed by atoms with van der Waals surface area (Å²) < 4.78 is 24.2. The highest BCUT2D eigenvalue weighted by atomic mass is 19.3. The molecule has 0 aliphatic carbocycles. The first-order valence-corrected chi connectivity index (χ1v) is 3.93. The van der Waals surface area contributed by atoms with Crippen LogP contribution in [-0.4, -0.2) is 17.0 Å². The molecular formula is C9H7F2NO3. The lowest BCUT2D eigenvalue weighted by molar-refractivity contribution is -0.147. The second kappa shape index (κ2) is 4.50. The lowest BCUT2D eigenvalue weighted by atomic mass is 10.2. The smallest absolute Gasteiger partial charge is 0.394 e. The number of benzene rings is 1. The SMILES string of the molecule is O=C(O)C(=O)Nc1ccc(C(F)F)cc1. The molecule has 0 heterocycles. The maximum absolute atomic E-state index is 12.1. The Morgan fingerprint density at radius 1 is 1.20 bits per heavy atom. The van der Waals surface area contributed by atoms with Gasteiger partial charge in [0, 0.05) is 11.3 Å². The van der Waals surface area contributed by atoms with Gasteiger partial charge in [-0.2, -0.15) is 0 Å². The number of carboxylic acid groups (broad SMARTS) is 1. The van der Waals surface area contributed by atoms with Crippen LogP contribution in [0.3, 0.4) is 0 Å². The van der Waals surface area contributed by atoms with E-state index in [0.29, 0.717) is 0 Å². The van der Waals surface area contributed by atoms with Crippen molar-refractivity contribution in [2.45, 2.75) is 6.43 Å². The van der Waals surface area contributed by atoms with Gasteiger partial charge in [0.1, 0.15) is 0 Å². The highest BCUT2D eigenvalue weighted by molar-refractivity contribution is 6.36. The molecule has 0 fully saturated rings. The number of rotatable bonds is 2. The lowest BCUT2D eigenvalue weighted by Crippen LogP contribution is -2.21. The molecule has 4 nitrogen and oxygen atoms in total. The third-order valence-corrected chi connectivity index (χ3v) is 1.61. The number of hydrogen-bond donors (Lipinski definition) is 2. The summed E-state index contributed by atoms with van der Waals surface area (Å²) in [5, 5.41) is 10.3. The summed E-state index contributed by atoms with van der Waals surface area (Å²) in [6.07, 6.45) is -2.59. The number of alkyl halides is 2. The molecule has 80 valence electrons. The minimum Gasteiger partial charge on any atom is -0.474 e. The van der Waals surface area contributed by atoms with Crippen LogP contribution < -0.4 is 5.32 Å². The molecule has 1 amide bonds. The summed E-state index contributed by atoms with van der Waals surface area (Å²) in [5.41, 5.74) is -0.0323. The molecule has 0 radical (unpaired) electrons. The summed E-state index contributed by atoms with van der Waals surface area (Å²) in [4.78, 5) is 20.8. The Bertz CT molecular complexity index is 375. The van der Waals surface area contributed by atoms with E-state index in [1.807, 2.05) is 5.32 Å². The summed E-state index contributed by atoms with van der Waals surface area (Å²) in [6, 6.07) is 4.65. The van der Waals surface area contributed by atoms with E-state index in [1.165, 1.54) is 12.1 Å². The molecule has 0 saturated carbocycles. The highest BCUT2D eigenvalue weighted by Gasteiger charge is 2.11. The first-order chi connectivity index (χ1) is 7.00. The van der Waals surface area contributed by atoms with Gasteiger partial charge in [0.05, 0.1) is 0 Å². The van der Waals surface area contributed by atoms with E-state index in [9.17, 15) is 18.4 Å². The van der Waals surface area contributed by atoms with Crippen LogP contribution in [0, 0.1) is 0 Å². The second-order valence-corrected chi connectivity index (χ2v) is 2.68. The minimum atomic E-state index is -2.59. The van der Waals surface area contributed by atoms with Crippen LogP contribution in [0.15, 0.2) is 24.3 Å². The first-order valence-electron chi connectivity index (χ1n) is 3.93. The van der Waals surface area contributed by atoms with Crippen molar-refractivity contribution in [3.8, 4) is 0 Å². The van der Waals surface area contributed by atoms with Gasteiger partial charge in [-0.3, -0.25) is 4.79 Å². The van der Waals surface area contributed by atoms with Gasteiger partial charge in [-0.15, -0.1) is 0 Å². The van der Waals surface area contributed by atoms with Crippen molar-refractivity contribution in [3.63, 3.8) is 0 Å². The molecule has 0 aromatic heterocycles. The Balaban J connectivity index is 2.73. The molecule has 6 heteroatoms. The van der Waals surface area contributed by atoms with E-state index in [1.54, 1.807) is 0 Å². The summed E-state index contributed by atoms with van der Waals surface area (Å²) in [6.45, 7) is 0. The van der Waals surface area contributed by atoms with Crippen molar-refractivity contribution in [1.29, 1.82) is 0 Å². The zero-order valence-electron chi connectivity index (χ0n) is 7.41. The van der Waals surface area contributed by atoms with Crippen molar-refractivity contribution in [1.82, 2.24) is 0 Å². The third kappa shape index (κ3) is 3.01. The van der Waals surface area contributed by atoms with E-state index in [4.69, 9.17) is 5.11 Å². The zero-order valence-corrected chi connectivity index (χ0v) is 7.41.